The van der Waals surface area contributed by atoms with Gasteiger partial charge in [-0.2, -0.15) is 4.57 Å². The highest BCUT2D eigenvalue weighted by molar-refractivity contribution is 5.95. The van der Waals surface area contributed by atoms with Gasteiger partial charge in [0.25, 0.3) is 5.69 Å². The number of pyridine rings is 1. The van der Waals surface area contributed by atoms with Gasteiger partial charge < -0.3 is 4.74 Å². The normalized spacial score (nSPS) is 11.0. The molecule has 1 heterocycles. The maximum absolute atomic E-state index is 12.1. The second kappa shape index (κ2) is 6.38. The Hall–Kier alpha value is -2.70. The highest BCUT2D eigenvalue weighted by Crippen LogP contribution is 2.17. The number of hydrogen-bond donors (Lipinski definition) is 0. The summed E-state index contributed by atoms with van der Waals surface area (Å²) < 4.78 is 40.9. The van der Waals surface area contributed by atoms with Gasteiger partial charge in [-0.3, -0.25) is 4.79 Å². The number of esters is 1. The van der Waals surface area contributed by atoms with Crippen LogP contribution in [0.2, 0.25) is 0 Å². The number of alkyl halides is 3. The first-order valence-electron chi connectivity index (χ1n) is 6.23. The molecular formula is C15H11F3NO3+. The topological polar surface area (TPSA) is 47.2 Å². The van der Waals surface area contributed by atoms with Gasteiger partial charge in [0.2, 0.25) is 12.3 Å². The number of rotatable bonds is 4. The van der Waals surface area contributed by atoms with Crippen LogP contribution in [0.1, 0.15) is 20.8 Å². The lowest BCUT2D eigenvalue weighted by molar-refractivity contribution is -0.686. The van der Waals surface area contributed by atoms with Crippen LogP contribution in [0.3, 0.4) is 0 Å². The number of aromatic nitrogens is 1. The van der Waals surface area contributed by atoms with Gasteiger partial charge in [-0.25, -0.2) is 4.79 Å². The molecule has 0 amide bonds. The summed E-state index contributed by atoms with van der Waals surface area (Å²) in [4.78, 5) is 23.6. The summed E-state index contributed by atoms with van der Waals surface area (Å²) in [6.45, 7) is -0.271. The van der Waals surface area contributed by atoms with Crippen molar-refractivity contribution in [1.82, 2.24) is 0 Å². The van der Waals surface area contributed by atoms with E-state index < -0.39 is 12.3 Å². The monoisotopic (exact) mass is 310 g/mol. The summed E-state index contributed by atoms with van der Waals surface area (Å²) in [7, 11) is 0. The van der Waals surface area contributed by atoms with Gasteiger partial charge in [-0.05, 0) is 6.07 Å². The summed E-state index contributed by atoms with van der Waals surface area (Å²) in [5.41, 5.74) is 0.0399. The number of nitrogens with zero attached hydrogens (tertiary/aromatic N) is 1. The molecule has 0 atom stereocenters. The van der Waals surface area contributed by atoms with Crippen LogP contribution in [-0.2, 0) is 11.3 Å². The van der Waals surface area contributed by atoms with Crippen molar-refractivity contribution in [3.63, 3.8) is 0 Å². The Bertz CT molecular complexity index is 684. The molecule has 0 aliphatic heterocycles. The quantitative estimate of drug-likeness (QED) is 0.495. The van der Waals surface area contributed by atoms with Gasteiger partial charge in [-0.15, -0.1) is 13.2 Å². The van der Waals surface area contributed by atoms with Crippen molar-refractivity contribution in [2.24, 2.45) is 0 Å². The van der Waals surface area contributed by atoms with Crippen LogP contribution in [0.25, 0.3) is 0 Å². The van der Waals surface area contributed by atoms with E-state index in [4.69, 9.17) is 0 Å². The predicted molar refractivity (Wildman–Crippen MR) is 68.9 cm³/mol. The van der Waals surface area contributed by atoms with Crippen molar-refractivity contribution in [3.8, 4) is 0 Å². The predicted octanol–water partition coefficient (Wildman–Crippen LogP) is 2.53. The first-order valence-corrected chi connectivity index (χ1v) is 6.23. The smallest absolute Gasteiger partial charge is 0.365 e. The standard InChI is InChI=1S/C15H11F3NO3/c16-15(17,18)22-14(21)12-8-4-5-9-19(12)10-13(20)11-6-2-1-3-7-11/h1-9H,10H2/q+1. The Morgan fingerprint density at radius 1 is 1.00 bits per heavy atom. The molecule has 0 saturated carbocycles. The van der Waals surface area contributed by atoms with Gasteiger partial charge in [-0.1, -0.05) is 30.3 Å². The maximum Gasteiger partial charge on any atom is 0.575 e. The van der Waals surface area contributed by atoms with Crippen LogP contribution >= 0.6 is 0 Å². The van der Waals surface area contributed by atoms with Gasteiger partial charge in [0.1, 0.15) is 0 Å². The number of halogens is 3. The minimum Gasteiger partial charge on any atom is -0.365 e. The van der Waals surface area contributed by atoms with Gasteiger partial charge in [0.05, 0.1) is 0 Å². The molecule has 0 unspecified atom stereocenters. The lowest BCUT2D eigenvalue weighted by atomic mass is 10.1. The molecule has 0 radical (unpaired) electrons. The third-order valence-electron chi connectivity index (χ3n) is 2.77. The third kappa shape index (κ3) is 4.15. The molecule has 0 aliphatic rings. The first-order chi connectivity index (χ1) is 10.4. The molecular weight excluding hydrogens is 299 g/mol. The van der Waals surface area contributed by atoms with Gasteiger partial charge in [0, 0.05) is 17.7 Å². The fourth-order valence-corrected chi connectivity index (χ4v) is 1.83. The lowest BCUT2D eigenvalue weighted by Crippen LogP contribution is -2.44. The van der Waals surface area contributed by atoms with E-state index in [1.807, 2.05) is 0 Å². The van der Waals surface area contributed by atoms with Crippen LogP contribution < -0.4 is 4.57 Å². The number of Topliss-reactive ketones (excluding diaryl/α,β-unsaturated/α-hetero) is 1. The fraction of sp³-hybridized carbons (Fsp3) is 0.133. The molecule has 0 saturated heterocycles. The Balaban J connectivity index is 2.22. The van der Waals surface area contributed by atoms with Gasteiger partial charge >= 0.3 is 12.3 Å². The van der Waals surface area contributed by atoms with Crippen LogP contribution in [0.15, 0.2) is 54.7 Å². The number of ketones is 1. The van der Waals surface area contributed by atoms with Crippen molar-refractivity contribution in [1.29, 1.82) is 0 Å². The van der Waals surface area contributed by atoms with E-state index in [0.29, 0.717) is 5.56 Å². The van der Waals surface area contributed by atoms with Crippen molar-refractivity contribution < 1.29 is 32.1 Å². The molecule has 7 heteroatoms. The zero-order chi connectivity index (χ0) is 16.2. The van der Waals surface area contributed by atoms with Crippen LogP contribution in [-0.4, -0.2) is 18.1 Å². The minimum absolute atomic E-state index is 0.271. The summed E-state index contributed by atoms with van der Waals surface area (Å²) in [6.07, 6.45) is -3.73. The third-order valence-corrected chi connectivity index (χ3v) is 2.77. The molecule has 0 aliphatic carbocycles. The summed E-state index contributed by atoms with van der Waals surface area (Å²) in [5.74, 6) is -1.90. The zero-order valence-electron chi connectivity index (χ0n) is 11.2. The Labute approximate surface area is 123 Å². The molecule has 0 N–H and O–H groups in total. The molecule has 0 fully saturated rings. The Morgan fingerprint density at radius 3 is 2.27 bits per heavy atom. The number of benzene rings is 1. The number of carbonyl (C=O) groups is 2. The second-order valence-electron chi connectivity index (χ2n) is 4.34. The van der Waals surface area contributed by atoms with E-state index in [0.717, 1.165) is 10.6 Å². The van der Waals surface area contributed by atoms with Crippen molar-refractivity contribution in [2.75, 3.05) is 0 Å². The molecule has 2 rings (SSSR count). The van der Waals surface area contributed by atoms with Crippen molar-refractivity contribution in [2.45, 2.75) is 12.9 Å². The van der Waals surface area contributed by atoms with E-state index in [2.05, 4.69) is 4.74 Å². The van der Waals surface area contributed by atoms with Crippen molar-refractivity contribution in [3.05, 3.63) is 66.0 Å². The van der Waals surface area contributed by atoms with Crippen LogP contribution in [0.5, 0.6) is 0 Å². The van der Waals surface area contributed by atoms with E-state index in [-0.39, 0.29) is 18.0 Å². The SMILES string of the molecule is O=C(C[n+]1ccccc1C(=O)OC(F)(F)F)c1ccccc1. The Kier molecular flexibility index (Phi) is 4.55. The molecule has 2 aromatic rings. The largest absolute Gasteiger partial charge is 0.575 e. The van der Waals surface area contributed by atoms with Crippen LogP contribution in [0.4, 0.5) is 13.2 Å². The molecule has 4 nitrogen and oxygen atoms in total. The molecule has 1 aromatic heterocycles. The maximum atomic E-state index is 12.1. The summed E-state index contributed by atoms with van der Waals surface area (Å²) in [6, 6.07) is 12.3. The molecule has 114 valence electrons. The van der Waals surface area contributed by atoms with Gasteiger partial charge in [0.15, 0.2) is 6.20 Å². The highest BCUT2D eigenvalue weighted by Gasteiger charge is 2.37. The molecule has 22 heavy (non-hydrogen) atoms. The zero-order valence-corrected chi connectivity index (χ0v) is 11.2. The van der Waals surface area contributed by atoms with Crippen LogP contribution in [0, 0.1) is 0 Å². The average molecular weight is 310 g/mol. The number of hydrogen-bond acceptors (Lipinski definition) is 3. The number of ether oxygens (including phenoxy) is 1. The van der Waals surface area contributed by atoms with Crippen molar-refractivity contribution >= 4 is 11.8 Å². The fourth-order valence-electron chi connectivity index (χ4n) is 1.83. The second-order valence-corrected chi connectivity index (χ2v) is 4.34. The molecule has 1 aromatic carbocycles. The van der Waals surface area contributed by atoms with E-state index in [1.54, 1.807) is 30.3 Å². The van der Waals surface area contributed by atoms with E-state index in [1.165, 1.54) is 18.3 Å². The minimum atomic E-state index is -5.08. The molecule has 0 bridgehead atoms. The summed E-state index contributed by atoms with van der Waals surface area (Å²) in [5, 5.41) is 0. The average Bonchev–Trinajstić information content (AvgIpc) is 2.47. The van der Waals surface area contributed by atoms with E-state index >= 15 is 0 Å². The Morgan fingerprint density at radius 2 is 1.64 bits per heavy atom. The number of carbonyl (C=O) groups excluding carboxylic acids is 2. The lowest BCUT2D eigenvalue weighted by Gasteiger charge is -2.06. The van der Waals surface area contributed by atoms with E-state index in [9.17, 15) is 22.8 Å². The first kappa shape index (κ1) is 15.7. The summed E-state index contributed by atoms with van der Waals surface area (Å²) >= 11 is 0. The highest BCUT2D eigenvalue weighted by atomic mass is 19.4. The molecule has 0 spiro atoms.